The van der Waals surface area contributed by atoms with E-state index in [-0.39, 0.29) is 24.0 Å². The average Bonchev–Trinajstić information content (AvgIpc) is 3.20. The highest BCUT2D eigenvalue weighted by molar-refractivity contribution is 6.01. The van der Waals surface area contributed by atoms with Crippen LogP contribution in [0.2, 0.25) is 0 Å². The first-order valence-electron chi connectivity index (χ1n) is 12.7. The summed E-state index contributed by atoms with van der Waals surface area (Å²) in [6, 6.07) is 13.3. The first kappa shape index (κ1) is 24.1. The van der Waals surface area contributed by atoms with Gasteiger partial charge in [-0.05, 0) is 68.5 Å². The van der Waals surface area contributed by atoms with Crippen LogP contribution in [0.1, 0.15) is 60.0 Å². The van der Waals surface area contributed by atoms with E-state index in [1.54, 1.807) is 4.90 Å². The third-order valence-corrected chi connectivity index (χ3v) is 7.63. The number of allylic oxidation sites excluding steroid dienone is 1. The predicted octanol–water partition coefficient (Wildman–Crippen LogP) is 4.81. The second kappa shape index (κ2) is 10.2. The maximum absolute atomic E-state index is 13.0. The second-order valence-corrected chi connectivity index (χ2v) is 10.1. The Bertz CT molecular complexity index is 1220. The van der Waals surface area contributed by atoms with Crippen molar-refractivity contribution >= 4 is 17.5 Å². The van der Waals surface area contributed by atoms with Crippen molar-refractivity contribution in [3.05, 3.63) is 82.8 Å². The summed E-state index contributed by atoms with van der Waals surface area (Å²) in [6.45, 7) is 12.2. The third kappa shape index (κ3) is 4.87. The molecular formula is C29H32N4O3. The Morgan fingerprint density at radius 3 is 2.67 bits per heavy atom. The van der Waals surface area contributed by atoms with Gasteiger partial charge in [0.1, 0.15) is 17.9 Å². The molecule has 1 aliphatic carbocycles. The molecule has 7 heteroatoms. The molecule has 0 radical (unpaired) electrons. The van der Waals surface area contributed by atoms with Crippen molar-refractivity contribution < 1.29 is 14.3 Å². The van der Waals surface area contributed by atoms with Crippen molar-refractivity contribution in [3.8, 4) is 5.75 Å². The molecule has 2 aromatic rings. The summed E-state index contributed by atoms with van der Waals surface area (Å²) in [5.74, 6) is 0.529. The minimum absolute atomic E-state index is 0.0626. The Labute approximate surface area is 212 Å². The van der Waals surface area contributed by atoms with Crippen LogP contribution in [0.4, 0.5) is 5.69 Å². The van der Waals surface area contributed by atoms with Crippen LogP contribution in [0.15, 0.2) is 54.7 Å². The van der Waals surface area contributed by atoms with Crippen molar-refractivity contribution in [2.24, 2.45) is 0 Å². The Hall–Kier alpha value is -3.63. The van der Waals surface area contributed by atoms with E-state index in [4.69, 9.17) is 11.3 Å². The van der Waals surface area contributed by atoms with Gasteiger partial charge in [0.2, 0.25) is 5.91 Å². The highest BCUT2D eigenvalue weighted by Crippen LogP contribution is 2.33. The zero-order valence-electron chi connectivity index (χ0n) is 20.7. The fourth-order valence-corrected chi connectivity index (χ4v) is 5.68. The molecule has 0 aromatic heterocycles. The number of likely N-dealkylation sites (N-methyl/N-ethyl adjacent to an activating group) is 1. The number of piperidine rings is 1. The van der Waals surface area contributed by atoms with Crippen LogP contribution in [-0.2, 0) is 17.9 Å². The van der Waals surface area contributed by atoms with Crippen LogP contribution in [0.5, 0.6) is 5.75 Å². The second-order valence-electron chi connectivity index (χ2n) is 10.1. The standard InChI is InChI=1S/C29H32N4O3/c1-19-8-15-26(28(34)31-19)33-18-21-16-23(13-14-24(21)29(33)35)36-27-7-5-4-6-25(27)32(3)17-20-9-11-22(30-2)12-10-20/h9-14,16,25-27H,1,4-8,15,17-18H2,3H3,(H,31,34)/t25-,26?,27-/m0/s1. The zero-order valence-corrected chi connectivity index (χ0v) is 20.7. The molecular weight excluding hydrogens is 452 g/mol. The predicted molar refractivity (Wildman–Crippen MR) is 137 cm³/mol. The Kier molecular flexibility index (Phi) is 6.80. The Morgan fingerprint density at radius 1 is 1.14 bits per heavy atom. The molecule has 186 valence electrons. The normalized spacial score (nSPS) is 23.9. The number of hydrogen-bond acceptors (Lipinski definition) is 4. The topological polar surface area (TPSA) is 66.2 Å². The lowest BCUT2D eigenvalue weighted by Crippen LogP contribution is -2.49. The van der Waals surface area contributed by atoms with Crippen LogP contribution in [-0.4, -0.2) is 46.8 Å². The zero-order chi connectivity index (χ0) is 25.2. The molecule has 7 nitrogen and oxygen atoms in total. The summed E-state index contributed by atoms with van der Waals surface area (Å²) >= 11 is 0. The molecule has 1 saturated carbocycles. The number of hydrogen-bond donors (Lipinski definition) is 1. The highest BCUT2D eigenvalue weighted by Gasteiger charge is 2.38. The van der Waals surface area contributed by atoms with Gasteiger partial charge < -0.3 is 15.0 Å². The molecule has 0 bridgehead atoms. The summed E-state index contributed by atoms with van der Waals surface area (Å²) < 4.78 is 6.54. The molecule has 2 amide bonds. The molecule has 2 aliphatic heterocycles. The van der Waals surface area contributed by atoms with Crippen molar-refractivity contribution in [2.45, 2.75) is 69.8 Å². The quantitative estimate of drug-likeness (QED) is 0.598. The molecule has 3 atom stereocenters. The number of fused-ring (bicyclic) bond motifs is 1. The van der Waals surface area contributed by atoms with Crippen LogP contribution in [0.3, 0.4) is 0 Å². The van der Waals surface area contributed by atoms with E-state index in [1.165, 1.54) is 12.0 Å². The van der Waals surface area contributed by atoms with E-state index in [0.29, 0.717) is 36.3 Å². The fourth-order valence-electron chi connectivity index (χ4n) is 5.68. The van der Waals surface area contributed by atoms with E-state index < -0.39 is 6.04 Å². The van der Waals surface area contributed by atoms with Gasteiger partial charge in [-0.3, -0.25) is 14.5 Å². The van der Waals surface area contributed by atoms with Gasteiger partial charge in [0.25, 0.3) is 5.91 Å². The summed E-state index contributed by atoms with van der Waals surface area (Å²) in [7, 11) is 2.14. The Balaban J connectivity index is 1.27. The van der Waals surface area contributed by atoms with Gasteiger partial charge in [-0.25, -0.2) is 4.85 Å². The number of rotatable bonds is 6. The van der Waals surface area contributed by atoms with Crippen molar-refractivity contribution in [3.63, 3.8) is 0 Å². The maximum Gasteiger partial charge on any atom is 0.255 e. The van der Waals surface area contributed by atoms with Gasteiger partial charge in [0, 0.05) is 30.4 Å². The Morgan fingerprint density at radius 2 is 1.92 bits per heavy atom. The van der Waals surface area contributed by atoms with Crippen LogP contribution in [0.25, 0.3) is 4.85 Å². The highest BCUT2D eigenvalue weighted by atomic mass is 16.5. The van der Waals surface area contributed by atoms with E-state index in [9.17, 15) is 9.59 Å². The van der Waals surface area contributed by atoms with Gasteiger partial charge in [0.15, 0.2) is 5.69 Å². The minimum atomic E-state index is -0.458. The van der Waals surface area contributed by atoms with E-state index in [1.807, 2.05) is 42.5 Å². The largest absolute Gasteiger partial charge is 0.489 e. The van der Waals surface area contributed by atoms with Crippen molar-refractivity contribution in [1.29, 1.82) is 0 Å². The summed E-state index contributed by atoms with van der Waals surface area (Å²) in [4.78, 5) is 33.0. The van der Waals surface area contributed by atoms with Crippen LogP contribution >= 0.6 is 0 Å². The summed E-state index contributed by atoms with van der Waals surface area (Å²) in [6.07, 6.45) is 5.71. The first-order chi connectivity index (χ1) is 17.4. The lowest BCUT2D eigenvalue weighted by molar-refractivity contribution is -0.126. The molecule has 1 saturated heterocycles. The van der Waals surface area contributed by atoms with Crippen molar-refractivity contribution in [2.75, 3.05) is 7.05 Å². The van der Waals surface area contributed by atoms with E-state index in [2.05, 4.69) is 28.7 Å². The van der Waals surface area contributed by atoms with Crippen molar-refractivity contribution in [1.82, 2.24) is 15.1 Å². The number of benzene rings is 2. The van der Waals surface area contributed by atoms with Crippen LogP contribution < -0.4 is 10.1 Å². The lowest BCUT2D eigenvalue weighted by Gasteiger charge is -2.38. The number of amides is 2. The van der Waals surface area contributed by atoms with Gasteiger partial charge in [-0.2, -0.15) is 0 Å². The average molecular weight is 485 g/mol. The molecule has 2 aromatic carbocycles. The summed E-state index contributed by atoms with van der Waals surface area (Å²) in [5.41, 5.74) is 4.11. The van der Waals surface area contributed by atoms with E-state index in [0.717, 1.165) is 37.1 Å². The SMILES string of the molecule is [C-]#[N+]c1ccc(CN(C)[C@H]2CCCC[C@@H]2Oc2ccc3c(c2)CN(C2CCC(=C)NC2=O)C3=O)cc1. The molecule has 0 spiro atoms. The molecule has 36 heavy (non-hydrogen) atoms. The number of ether oxygens (including phenoxy) is 1. The maximum atomic E-state index is 13.0. The monoisotopic (exact) mass is 484 g/mol. The third-order valence-electron chi connectivity index (χ3n) is 7.63. The molecule has 1 N–H and O–H groups in total. The molecule has 2 heterocycles. The van der Waals surface area contributed by atoms with E-state index >= 15 is 0 Å². The van der Waals surface area contributed by atoms with Crippen LogP contribution in [0, 0.1) is 6.57 Å². The minimum Gasteiger partial charge on any atom is -0.489 e. The smallest absolute Gasteiger partial charge is 0.255 e. The molecule has 3 aliphatic rings. The number of carbonyl (C=O) groups excluding carboxylic acids is 2. The molecule has 2 fully saturated rings. The number of nitrogens with zero attached hydrogens (tertiary/aromatic N) is 3. The lowest BCUT2D eigenvalue weighted by atomic mass is 9.91. The molecule has 5 rings (SSSR count). The fraction of sp³-hybridized carbons (Fsp3) is 0.414. The van der Waals surface area contributed by atoms with Gasteiger partial charge in [-0.1, -0.05) is 37.3 Å². The van der Waals surface area contributed by atoms with Gasteiger partial charge >= 0.3 is 0 Å². The van der Waals surface area contributed by atoms with Gasteiger partial charge in [0.05, 0.1) is 6.57 Å². The first-order valence-corrected chi connectivity index (χ1v) is 12.7. The number of nitrogens with one attached hydrogen (secondary N) is 1. The number of carbonyl (C=O) groups is 2. The molecule has 1 unspecified atom stereocenters. The van der Waals surface area contributed by atoms with Gasteiger partial charge in [-0.15, -0.1) is 0 Å². The summed E-state index contributed by atoms with van der Waals surface area (Å²) in [5, 5.41) is 2.79.